The van der Waals surface area contributed by atoms with Gasteiger partial charge in [0.2, 0.25) is 0 Å². The maximum absolute atomic E-state index is 13.1. The number of carbonyl (C=O) groups excluding carboxylic acids is 2. The van der Waals surface area contributed by atoms with Crippen molar-refractivity contribution >= 4 is 23.1 Å². The van der Waals surface area contributed by atoms with Gasteiger partial charge < -0.3 is 5.32 Å². The van der Waals surface area contributed by atoms with Crippen LogP contribution in [0.3, 0.4) is 0 Å². The van der Waals surface area contributed by atoms with Gasteiger partial charge in [-0.2, -0.15) is 0 Å². The van der Waals surface area contributed by atoms with Crippen molar-refractivity contribution in [3.8, 4) is 0 Å². The predicted octanol–water partition coefficient (Wildman–Crippen LogP) is 5.20. The Kier molecular flexibility index (Phi) is 5.65. The summed E-state index contributed by atoms with van der Waals surface area (Å²) in [5.41, 5.74) is 5.81. The highest BCUT2D eigenvalue weighted by molar-refractivity contribution is 6.36. The molecule has 0 aromatic heterocycles. The minimum absolute atomic E-state index is 0.0546. The summed E-state index contributed by atoms with van der Waals surface area (Å²) in [4.78, 5) is 27.6. The van der Waals surface area contributed by atoms with Crippen molar-refractivity contribution in [1.29, 1.82) is 0 Å². The fourth-order valence-electron chi connectivity index (χ4n) is 3.66. The Morgan fingerprint density at radius 2 is 1.59 bits per heavy atom. The second-order valence-electron chi connectivity index (χ2n) is 8.78. The summed E-state index contributed by atoms with van der Waals surface area (Å²) in [5, 5.41) is 3.25. The van der Waals surface area contributed by atoms with E-state index in [2.05, 4.69) is 38.2 Å². The van der Waals surface area contributed by atoms with E-state index in [1.807, 2.05) is 51.1 Å². The molecule has 2 aromatic rings. The molecule has 29 heavy (non-hydrogen) atoms. The first kappa shape index (κ1) is 20.8. The maximum Gasteiger partial charge on any atom is 0.278 e. The highest BCUT2D eigenvalue weighted by atomic mass is 16.2. The van der Waals surface area contributed by atoms with E-state index in [1.165, 1.54) is 10.5 Å². The van der Waals surface area contributed by atoms with Crippen LogP contribution in [-0.2, 0) is 15.0 Å². The minimum atomic E-state index is -0.258. The van der Waals surface area contributed by atoms with Gasteiger partial charge in [-0.15, -0.1) is 0 Å². The first-order valence-electron chi connectivity index (χ1n) is 10.2. The van der Waals surface area contributed by atoms with Gasteiger partial charge in [0.25, 0.3) is 11.8 Å². The first-order valence-corrected chi connectivity index (χ1v) is 10.2. The van der Waals surface area contributed by atoms with Gasteiger partial charge in [0, 0.05) is 12.2 Å². The molecule has 4 nitrogen and oxygen atoms in total. The zero-order chi connectivity index (χ0) is 21.3. The number of hydrogen-bond acceptors (Lipinski definition) is 3. The maximum atomic E-state index is 13.1. The summed E-state index contributed by atoms with van der Waals surface area (Å²) in [5.74, 6) is -0.482. The van der Waals surface area contributed by atoms with Crippen molar-refractivity contribution in [3.63, 3.8) is 0 Å². The van der Waals surface area contributed by atoms with E-state index in [0.29, 0.717) is 17.8 Å². The molecule has 0 aliphatic carbocycles. The van der Waals surface area contributed by atoms with Crippen molar-refractivity contribution in [1.82, 2.24) is 4.90 Å². The zero-order valence-electron chi connectivity index (χ0n) is 18.2. The number of rotatable bonds is 5. The topological polar surface area (TPSA) is 49.4 Å². The lowest BCUT2D eigenvalue weighted by atomic mass is 9.87. The molecular formula is C25H30N2O2. The lowest BCUT2D eigenvalue weighted by molar-refractivity contribution is -0.136. The molecule has 4 heteroatoms. The highest BCUT2D eigenvalue weighted by Crippen LogP contribution is 2.33. The Morgan fingerprint density at radius 1 is 0.931 bits per heavy atom. The minimum Gasteiger partial charge on any atom is -0.350 e. The number of aryl methyl sites for hydroxylation is 2. The second-order valence-corrected chi connectivity index (χ2v) is 8.78. The first-order chi connectivity index (χ1) is 13.6. The van der Waals surface area contributed by atoms with Crippen LogP contribution in [-0.4, -0.2) is 23.3 Å². The summed E-state index contributed by atoms with van der Waals surface area (Å²) in [6, 6.07) is 14.0. The average molecular weight is 391 g/mol. The van der Waals surface area contributed by atoms with E-state index in [1.54, 1.807) is 0 Å². The van der Waals surface area contributed by atoms with Crippen LogP contribution in [0.1, 0.15) is 56.4 Å². The number of carbonyl (C=O) groups is 2. The van der Waals surface area contributed by atoms with Crippen LogP contribution < -0.4 is 5.32 Å². The van der Waals surface area contributed by atoms with Gasteiger partial charge in [-0.3, -0.25) is 14.5 Å². The highest BCUT2D eigenvalue weighted by Gasteiger charge is 2.39. The number of benzene rings is 2. The number of amides is 2. The number of hydrogen-bond donors (Lipinski definition) is 1. The number of nitrogens with one attached hydrogen (secondary N) is 1. The summed E-state index contributed by atoms with van der Waals surface area (Å²) in [6.07, 6.45) is 0.727. The van der Waals surface area contributed by atoms with Crippen LogP contribution in [0.2, 0.25) is 0 Å². The molecule has 1 aliphatic rings. The molecule has 0 spiro atoms. The number of nitrogens with zero attached hydrogens (tertiary/aromatic N) is 1. The Hall–Kier alpha value is -2.88. The SMILES string of the molecule is CCCN1C(=O)C(Nc2ccc(C(C)(C)C)cc2)=C(c2ccc(C)cc2C)C1=O. The molecule has 0 atom stereocenters. The Morgan fingerprint density at radius 3 is 2.14 bits per heavy atom. The third-order valence-corrected chi connectivity index (χ3v) is 5.29. The van der Waals surface area contributed by atoms with Gasteiger partial charge in [-0.1, -0.05) is 63.6 Å². The standard InChI is InChI=1S/C25H30N2O2/c1-7-14-27-23(28)21(20-13-8-16(2)15-17(20)3)22(24(27)29)26-19-11-9-18(10-12-19)25(4,5)6/h8-13,15,26H,7,14H2,1-6H3. The molecule has 152 valence electrons. The van der Waals surface area contributed by atoms with Crippen molar-refractivity contribution in [3.05, 3.63) is 70.4 Å². The van der Waals surface area contributed by atoms with E-state index in [-0.39, 0.29) is 17.2 Å². The van der Waals surface area contributed by atoms with E-state index < -0.39 is 0 Å². The quantitative estimate of drug-likeness (QED) is 0.714. The zero-order valence-corrected chi connectivity index (χ0v) is 18.2. The average Bonchev–Trinajstić information content (AvgIpc) is 2.87. The number of anilines is 1. The van der Waals surface area contributed by atoms with E-state index in [9.17, 15) is 9.59 Å². The summed E-state index contributed by atoms with van der Waals surface area (Å²) in [6.45, 7) is 12.9. The molecule has 0 unspecified atom stereocenters. The van der Waals surface area contributed by atoms with Gasteiger partial charge in [0.15, 0.2) is 0 Å². The molecule has 0 saturated heterocycles. The molecule has 0 saturated carbocycles. The monoisotopic (exact) mass is 390 g/mol. The summed E-state index contributed by atoms with van der Waals surface area (Å²) >= 11 is 0. The Balaban J connectivity index is 2.06. The molecule has 3 rings (SSSR count). The number of imide groups is 1. The van der Waals surface area contributed by atoms with E-state index in [0.717, 1.165) is 28.8 Å². The Labute approximate surface area is 173 Å². The van der Waals surface area contributed by atoms with Crippen molar-refractivity contribution in [2.45, 2.75) is 53.4 Å². The fraction of sp³-hybridized carbons (Fsp3) is 0.360. The smallest absolute Gasteiger partial charge is 0.278 e. The van der Waals surface area contributed by atoms with Gasteiger partial charge in [-0.25, -0.2) is 0 Å². The van der Waals surface area contributed by atoms with Crippen LogP contribution in [0.25, 0.3) is 5.57 Å². The second kappa shape index (κ2) is 7.86. The predicted molar refractivity (Wildman–Crippen MR) is 119 cm³/mol. The third kappa shape index (κ3) is 4.12. The lowest BCUT2D eigenvalue weighted by Gasteiger charge is -2.19. The summed E-state index contributed by atoms with van der Waals surface area (Å²) < 4.78 is 0. The Bertz CT molecular complexity index is 979. The van der Waals surface area contributed by atoms with Crippen LogP contribution in [0.4, 0.5) is 5.69 Å². The lowest BCUT2D eigenvalue weighted by Crippen LogP contribution is -2.33. The largest absolute Gasteiger partial charge is 0.350 e. The molecule has 0 bridgehead atoms. The summed E-state index contributed by atoms with van der Waals surface area (Å²) in [7, 11) is 0. The van der Waals surface area contributed by atoms with Gasteiger partial charge >= 0.3 is 0 Å². The van der Waals surface area contributed by atoms with E-state index >= 15 is 0 Å². The van der Waals surface area contributed by atoms with Crippen LogP contribution in [0.5, 0.6) is 0 Å². The van der Waals surface area contributed by atoms with E-state index in [4.69, 9.17) is 0 Å². The van der Waals surface area contributed by atoms with Gasteiger partial charge in [0.1, 0.15) is 5.70 Å². The molecule has 0 radical (unpaired) electrons. The fourth-order valence-corrected chi connectivity index (χ4v) is 3.66. The van der Waals surface area contributed by atoms with Gasteiger partial charge in [-0.05, 0) is 54.5 Å². The third-order valence-electron chi connectivity index (χ3n) is 5.29. The molecular weight excluding hydrogens is 360 g/mol. The van der Waals surface area contributed by atoms with Crippen molar-refractivity contribution < 1.29 is 9.59 Å². The molecule has 1 aliphatic heterocycles. The molecule has 1 heterocycles. The molecule has 1 N–H and O–H groups in total. The van der Waals surface area contributed by atoms with Gasteiger partial charge in [0.05, 0.1) is 5.57 Å². The molecule has 2 aromatic carbocycles. The molecule has 2 amide bonds. The van der Waals surface area contributed by atoms with Crippen LogP contribution >= 0.6 is 0 Å². The van der Waals surface area contributed by atoms with Crippen LogP contribution in [0, 0.1) is 13.8 Å². The molecule has 0 fully saturated rings. The van der Waals surface area contributed by atoms with Crippen molar-refractivity contribution in [2.75, 3.05) is 11.9 Å². The normalized spacial score (nSPS) is 14.8. The van der Waals surface area contributed by atoms with Crippen molar-refractivity contribution in [2.24, 2.45) is 0 Å². The van der Waals surface area contributed by atoms with Crippen LogP contribution in [0.15, 0.2) is 48.2 Å².